The first-order chi connectivity index (χ1) is 9.04. The molecule has 19 heavy (non-hydrogen) atoms. The van der Waals surface area contributed by atoms with Crippen molar-refractivity contribution in [2.24, 2.45) is 0 Å². The van der Waals surface area contributed by atoms with E-state index >= 15 is 0 Å². The van der Waals surface area contributed by atoms with Crippen LogP contribution in [-0.4, -0.2) is 62.5 Å². The van der Waals surface area contributed by atoms with Gasteiger partial charge < -0.3 is 14.8 Å². The third-order valence-electron chi connectivity index (χ3n) is 3.75. The molecule has 4 nitrogen and oxygen atoms in total. The van der Waals surface area contributed by atoms with Crippen LogP contribution in [0.15, 0.2) is 0 Å². The predicted octanol–water partition coefficient (Wildman–Crippen LogP) is 1.89. The molecule has 1 heterocycles. The standard InChI is InChI=1S/C15H32N2O2/c1-12(2)17(13(3)4)8-9-18-11-15-7-6-14(19-15)10-16-5/h12-16H,6-11H2,1-5H3. The van der Waals surface area contributed by atoms with Crippen LogP contribution in [-0.2, 0) is 9.47 Å². The summed E-state index contributed by atoms with van der Waals surface area (Å²) in [5.41, 5.74) is 0. The van der Waals surface area contributed by atoms with Gasteiger partial charge in [0.25, 0.3) is 0 Å². The van der Waals surface area contributed by atoms with Gasteiger partial charge in [0.15, 0.2) is 0 Å². The topological polar surface area (TPSA) is 33.7 Å². The Labute approximate surface area is 118 Å². The molecule has 0 aromatic heterocycles. The van der Waals surface area contributed by atoms with Crippen molar-refractivity contribution in [1.29, 1.82) is 0 Å². The summed E-state index contributed by atoms with van der Waals surface area (Å²) in [6.45, 7) is 12.4. The largest absolute Gasteiger partial charge is 0.377 e. The fourth-order valence-corrected chi connectivity index (χ4v) is 2.78. The highest BCUT2D eigenvalue weighted by atomic mass is 16.5. The van der Waals surface area contributed by atoms with Crippen molar-refractivity contribution in [1.82, 2.24) is 10.2 Å². The molecule has 1 aliphatic rings. The smallest absolute Gasteiger partial charge is 0.0813 e. The summed E-state index contributed by atoms with van der Waals surface area (Å²) in [7, 11) is 1.97. The van der Waals surface area contributed by atoms with Gasteiger partial charge in [-0.05, 0) is 47.6 Å². The lowest BCUT2D eigenvalue weighted by Crippen LogP contribution is -2.39. The summed E-state index contributed by atoms with van der Waals surface area (Å²) in [4.78, 5) is 2.46. The first-order valence-electron chi connectivity index (χ1n) is 7.68. The van der Waals surface area contributed by atoms with Crippen LogP contribution in [0, 0.1) is 0 Å². The minimum Gasteiger partial charge on any atom is -0.377 e. The van der Waals surface area contributed by atoms with Gasteiger partial charge in [-0.3, -0.25) is 4.90 Å². The lowest BCUT2D eigenvalue weighted by atomic mass is 10.2. The summed E-state index contributed by atoms with van der Waals surface area (Å²) in [5, 5.41) is 3.16. The molecular weight excluding hydrogens is 240 g/mol. The Morgan fingerprint density at radius 1 is 1.16 bits per heavy atom. The summed E-state index contributed by atoms with van der Waals surface area (Å²) >= 11 is 0. The third kappa shape index (κ3) is 6.21. The zero-order valence-electron chi connectivity index (χ0n) is 13.3. The van der Waals surface area contributed by atoms with E-state index in [2.05, 4.69) is 37.9 Å². The fourth-order valence-electron chi connectivity index (χ4n) is 2.78. The van der Waals surface area contributed by atoms with Gasteiger partial charge >= 0.3 is 0 Å². The van der Waals surface area contributed by atoms with E-state index in [9.17, 15) is 0 Å². The number of likely N-dealkylation sites (N-methyl/N-ethyl adjacent to an activating group) is 1. The van der Waals surface area contributed by atoms with E-state index < -0.39 is 0 Å². The zero-order valence-corrected chi connectivity index (χ0v) is 13.3. The summed E-state index contributed by atoms with van der Waals surface area (Å²) in [6.07, 6.45) is 2.95. The molecule has 2 unspecified atom stereocenters. The second-order valence-corrected chi connectivity index (χ2v) is 6.02. The van der Waals surface area contributed by atoms with Crippen LogP contribution in [0.25, 0.3) is 0 Å². The lowest BCUT2D eigenvalue weighted by molar-refractivity contribution is -0.0206. The van der Waals surface area contributed by atoms with E-state index in [1.807, 2.05) is 7.05 Å². The van der Waals surface area contributed by atoms with Gasteiger partial charge in [-0.15, -0.1) is 0 Å². The van der Waals surface area contributed by atoms with Crippen molar-refractivity contribution < 1.29 is 9.47 Å². The molecule has 0 radical (unpaired) electrons. The van der Waals surface area contributed by atoms with Gasteiger partial charge in [0.05, 0.1) is 25.4 Å². The number of hydrogen-bond acceptors (Lipinski definition) is 4. The molecule has 0 aromatic carbocycles. The minimum atomic E-state index is 0.296. The van der Waals surface area contributed by atoms with E-state index in [4.69, 9.17) is 9.47 Å². The van der Waals surface area contributed by atoms with Crippen LogP contribution in [0.1, 0.15) is 40.5 Å². The Kier molecular flexibility index (Phi) is 7.91. The first kappa shape index (κ1) is 16.9. The molecule has 0 bridgehead atoms. The van der Waals surface area contributed by atoms with Crippen molar-refractivity contribution >= 4 is 0 Å². The molecule has 1 rings (SSSR count). The Bertz CT molecular complexity index is 226. The number of ether oxygens (including phenoxy) is 2. The summed E-state index contributed by atoms with van der Waals surface area (Å²) in [5.74, 6) is 0. The highest BCUT2D eigenvalue weighted by molar-refractivity contribution is 4.74. The summed E-state index contributed by atoms with van der Waals surface area (Å²) < 4.78 is 11.7. The van der Waals surface area contributed by atoms with Gasteiger partial charge in [0.2, 0.25) is 0 Å². The van der Waals surface area contributed by atoms with Gasteiger partial charge in [-0.1, -0.05) is 0 Å². The van der Waals surface area contributed by atoms with Crippen molar-refractivity contribution in [2.75, 3.05) is 33.4 Å². The van der Waals surface area contributed by atoms with Crippen LogP contribution in [0.5, 0.6) is 0 Å². The van der Waals surface area contributed by atoms with E-state index in [-0.39, 0.29) is 0 Å². The Morgan fingerprint density at radius 3 is 2.37 bits per heavy atom. The third-order valence-corrected chi connectivity index (χ3v) is 3.75. The molecule has 0 aromatic rings. The van der Waals surface area contributed by atoms with Gasteiger partial charge in [-0.2, -0.15) is 0 Å². The predicted molar refractivity (Wildman–Crippen MR) is 79.6 cm³/mol. The molecule has 0 spiro atoms. The van der Waals surface area contributed by atoms with E-state index in [1.165, 1.54) is 0 Å². The Balaban J connectivity index is 2.11. The molecule has 0 aliphatic carbocycles. The molecule has 1 N–H and O–H groups in total. The number of nitrogens with one attached hydrogen (secondary N) is 1. The van der Waals surface area contributed by atoms with Crippen LogP contribution >= 0.6 is 0 Å². The maximum Gasteiger partial charge on any atom is 0.0813 e. The zero-order chi connectivity index (χ0) is 14.3. The van der Waals surface area contributed by atoms with Crippen molar-refractivity contribution in [3.63, 3.8) is 0 Å². The second kappa shape index (κ2) is 8.90. The highest BCUT2D eigenvalue weighted by Gasteiger charge is 2.24. The quantitative estimate of drug-likeness (QED) is 0.650. The number of rotatable bonds is 9. The second-order valence-electron chi connectivity index (χ2n) is 6.02. The monoisotopic (exact) mass is 272 g/mol. The average molecular weight is 272 g/mol. The van der Waals surface area contributed by atoms with Crippen molar-refractivity contribution in [3.8, 4) is 0 Å². The van der Waals surface area contributed by atoms with Crippen LogP contribution in [0.4, 0.5) is 0 Å². The van der Waals surface area contributed by atoms with E-state index in [1.54, 1.807) is 0 Å². The van der Waals surface area contributed by atoms with Crippen molar-refractivity contribution in [3.05, 3.63) is 0 Å². The van der Waals surface area contributed by atoms with Gasteiger partial charge in [0.1, 0.15) is 0 Å². The SMILES string of the molecule is CNCC1CCC(COCCN(C(C)C)C(C)C)O1. The van der Waals surface area contributed by atoms with Crippen LogP contribution < -0.4 is 5.32 Å². The molecule has 114 valence electrons. The molecule has 1 saturated heterocycles. The molecule has 0 saturated carbocycles. The molecule has 1 aliphatic heterocycles. The average Bonchev–Trinajstić information content (AvgIpc) is 2.76. The Hall–Kier alpha value is -0.160. The van der Waals surface area contributed by atoms with E-state index in [0.29, 0.717) is 24.3 Å². The molecule has 2 atom stereocenters. The first-order valence-corrected chi connectivity index (χ1v) is 7.68. The normalized spacial score (nSPS) is 24.0. The van der Waals surface area contributed by atoms with Gasteiger partial charge in [0, 0.05) is 25.2 Å². The lowest BCUT2D eigenvalue weighted by Gasteiger charge is -2.30. The summed E-state index contributed by atoms with van der Waals surface area (Å²) in [6, 6.07) is 1.15. The fraction of sp³-hybridized carbons (Fsp3) is 1.00. The number of hydrogen-bond donors (Lipinski definition) is 1. The van der Waals surface area contributed by atoms with Gasteiger partial charge in [-0.25, -0.2) is 0 Å². The van der Waals surface area contributed by atoms with E-state index in [0.717, 1.165) is 39.1 Å². The molecular formula is C15H32N2O2. The maximum atomic E-state index is 5.90. The molecule has 4 heteroatoms. The highest BCUT2D eigenvalue weighted by Crippen LogP contribution is 2.19. The van der Waals surface area contributed by atoms with Crippen LogP contribution in [0.3, 0.4) is 0 Å². The van der Waals surface area contributed by atoms with Crippen LogP contribution in [0.2, 0.25) is 0 Å². The van der Waals surface area contributed by atoms with Crippen molar-refractivity contribution in [2.45, 2.75) is 64.8 Å². The minimum absolute atomic E-state index is 0.296. The molecule has 0 amide bonds. The number of nitrogens with zero attached hydrogens (tertiary/aromatic N) is 1. The Morgan fingerprint density at radius 2 is 1.79 bits per heavy atom. The molecule has 1 fully saturated rings. The maximum absolute atomic E-state index is 5.90.